The molecule has 0 aromatic heterocycles. The second-order valence-electron chi connectivity index (χ2n) is 4.76. The maximum atomic E-state index is 11.8. The van der Waals surface area contributed by atoms with Gasteiger partial charge in [0, 0.05) is 12.5 Å². The summed E-state index contributed by atoms with van der Waals surface area (Å²) in [6.45, 7) is 4.47. The Morgan fingerprint density at radius 1 is 1.26 bits per heavy atom. The lowest BCUT2D eigenvalue weighted by molar-refractivity contribution is -0.124. The molecule has 0 fully saturated rings. The first kappa shape index (κ1) is 15.2. The summed E-state index contributed by atoms with van der Waals surface area (Å²) in [6, 6.07) is 6.54. The van der Waals surface area contributed by atoms with Gasteiger partial charge in [-0.1, -0.05) is 38.8 Å². The van der Waals surface area contributed by atoms with Gasteiger partial charge in [0.2, 0.25) is 5.91 Å². The molecule has 1 atom stereocenters. The molecule has 104 valence electrons. The first-order chi connectivity index (χ1) is 9.04. The van der Waals surface area contributed by atoms with Crippen molar-refractivity contribution >= 4 is 11.9 Å². The predicted octanol–water partition coefficient (Wildman–Crippen LogP) is 2.83. The van der Waals surface area contributed by atoms with Gasteiger partial charge in [-0.15, -0.1) is 0 Å². The van der Waals surface area contributed by atoms with Gasteiger partial charge in [0.05, 0.1) is 5.56 Å². The number of rotatable bonds is 7. The highest BCUT2D eigenvalue weighted by Gasteiger charge is 2.11. The molecule has 0 aliphatic carbocycles. The molecule has 1 aromatic rings. The van der Waals surface area contributed by atoms with Gasteiger partial charge in [-0.25, -0.2) is 4.79 Å². The minimum atomic E-state index is -0.941. The van der Waals surface area contributed by atoms with E-state index in [1.807, 2.05) is 6.92 Å². The smallest absolute Gasteiger partial charge is 0.335 e. The van der Waals surface area contributed by atoms with Gasteiger partial charge < -0.3 is 10.4 Å². The van der Waals surface area contributed by atoms with E-state index in [2.05, 4.69) is 12.2 Å². The molecule has 0 spiro atoms. The van der Waals surface area contributed by atoms with Gasteiger partial charge in [-0.3, -0.25) is 4.79 Å². The molecule has 1 rings (SSSR count). The lowest BCUT2D eigenvalue weighted by atomic mass is 10.0. The summed E-state index contributed by atoms with van der Waals surface area (Å²) in [5.41, 5.74) is 1.16. The summed E-state index contributed by atoms with van der Waals surface area (Å²) in [5.74, 6) is -0.863. The minimum Gasteiger partial charge on any atom is -0.478 e. The number of benzene rings is 1. The molecule has 19 heavy (non-hydrogen) atoms. The lowest BCUT2D eigenvalue weighted by Crippen LogP contribution is -2.28. The van der Waals surface area contributed by atoms with Crippen molar-refractivity contribution < 1.29 is 14.7 Å². The third-order valence-electron chi connectivity index (χ3n) is 3.11. The molecule has 1 amide bonds. The van der Waals surface area contributed by atoms with Crippen LogP contribution in [0.1, 0.15) is 49.0 Å². The summed E-state index contributed by atoms with van der Waals surface area (Å²) in [5, 5.41) is 11.6. The summed E-state index contributed by atoms with van der Waals surface area (Å²) >= 11 is 0. The average molecular weight is 263 g/mol. The molecule has 0 heterocycles. The van der Waals surface area contributed by atoms with Crippen molar-refractivity contribution in [2.75, 3.05) is 0 Å². The first-order valence-electron chi connectivity index (χ1n) is 6.64. The Balaban J connectivity index is 2.43. The quantitative estimate of drug-likeness (QED) is 0.795. The Morgan fingerprint density at radius 2 is 1.89 bits per heavy atom. The number of amides is 1. The van der Waals surface area contributed by atoms with Crippen LogP contribution in [0.15, 0.2) is 24.3 Å². The molecular formula is C15H21NO3. The van der Waals surface area contributed by atoms with Crippen molar-refractivity contribution in [1.29, 1.82) is 0 Å². The zero-order valence-electron chi connectivity index (χ0n) is 11.5. The Kier molecular flexibility index (Phi) is 6.06. The van der Waals surface area contributed by atoms with Crippen molar-refractivity contribution in [3.05, 3.63) is 35.4 Å². The van der Waals surface area contributed by atoms with Crippen LogP contribution < -0.4 is 5.32 Å². The van der Waals surface area contributed by atoms with Crippen molar-refractivity contribution in [2.45, 2.75) is 39.7 Å². The standard InChI is InChI=1S/C15H21NO3/c1-3-4-5-11(2)14(17)16-10-12-6-8-13(9-7-12)15(18)19/h6-9,11H,3-5,10H2,1-2H3,(H,16,17)(H,18,19). The summed E-state index contributed by atoms with van der Waals surface area (Å²) < 4.78 is 0. The third kappa shape index (κ3) is 5.12. The Hall–Kier alpha value is -1.84. The number of nitrogens with one attached hydrogen (secondary N) is 1. The molecule has 0 bridgehead atoms. The van der Waals surface area contributed by atoms with E-state index in [4.69, 9.17) is 5.11 Å². The lowest BCUT2D eigenvalue weighted by Gasteiger charge is -2.11. The van der Waals surface area contributed by atoms with Crippen molar-refractivity contribution in [3.8, 4) is 0 Å². The van der Waals surface area contributed by atoms with Gasteiger partial charge in [0.15, 0.2) is 0 Å². The summed E-state index contributed by atoms with van der Waals surface area (Å²) in [4.78, 5) is 22.5. The maximum absolute atomic E-state index is 11.8. The second-order valence-corrected chi connectivity index (χ2v) is 4.76. The highest BCUT2D eigenvalue weighted by molar-refractivity contribution is 5.87. The van der Waals surface area contributed by atoms with Crippen LogP contribution in [-0.2, 0) is 11.3 Å². The molecule has 4 nitrogen and oxygen atoms in total. The van der Waals surface area contributed by atoms with E-state index in [0.29, 0.717) is 6.54 Å². The van der Waals surface area contributed by atoms with Crippen LogP contribution >= 0.6 is 0 Å². The number of carboxylic acid groups (broad SMARTS) is 1. The van der Waals surface area contributed by atoms with E-state index in [1.54, 1.807) is 24.3 Å². The van der Waals surface area contributed by atoms with Gasteiger partial charge in [0.25, 0.3) is 0 Å². The number of aromatic carboxylic acids is 1. The van der Waals surface area contributed by atoms with Crippen molar-refractivity contribution in [1.82, 2.24) is 5.32 Å². The van der Waals surface area contributed by atoms with E-state index in [0.717, 1.165) is 24.8 Å². The molecule has 1 unspecified atom stereocenters. The number of unbranched alkanes of at least 4 members (excludes halogenated alkanes) is 1. The average Bonchev–Trinajstić information content (AvgIpc) is 2.42. The monoisotopic (exact) mass is 263 g/mol. The third-order valence-corrected chi connectivity index (χ3v) is 3.11. The minimum absolute atomic E-state index is 0.0262. The van der Waals surface area contributed by atoms with Crippen LogP contribution in [0.4, 0.5) is 0 Å². The number of hydrogen-bond acceptors (Lipinski definition) is 2. The van der Waals surface area contributed by atoms with Gasteiger partial charge >= 0.3 is 5.97 Å². The van der Waals surface area contributed by atoms with Crippen LogP contribution in [0.2, 0.25) is 0 Å². The van der Waals surface area contributed by atoms with Gasteiger partial charge in [0.1, 0.15) is 0 Å². The van der Waals surface area contributed by atoms with Crippen LogP contribution in [-0.4, -0.2) is 17.0 Å². The molecule has 0 saturated heterocycles. The van der Waals surface area contributed by atoms with Gasteiger partial charge in [-0.05, 0) is 24.1 Å². The van der Waals surface area contributed by atoms with Crippen molar-refractivity contribution in [2.24, 2.45) is 5.92 Å². The van der Waals surface area contributed by atoms with E-state index in [9.17, 15) is 9.59 Å². The Bertz CT molecular complexity index is 426. The molecule has 0 aliphatic rings. The number of carbonyl (C=O) groups excluding carboxylic acids is 1. The summed E-state index contributed by atoms with van der Waals surface area (Å²) in [6.07, 6.45) is 3.05. The fourth-order valence-electron chi connectivity index (χ4n) is 1.77. The SMILES string of the molecule is CCCCC(C)C(=O)NCc1ccc(C(=O)O)cc1. The fraction of sp³-hybridized carbons (Fsp3) is 0.467. The fourth-order valence-corrected chi connectivity index (χ4v) is 1.77. The normalized spacial score (nSPS) is 11.9. The largest absolute Gasteiger partial charge is 0.478 e. The molecule has 0 aliphatic heterocycles. The number of carboxylic acids is 1. The van der Waals surface area contributed by atoms with Crippen LogP contribution in [0.3, 0.4) is 0 Å². The van der Waals surface area contributed by atoms with E-state index >= 15 is 0 Å². The number of hydrogen-bond donors (Lipinski definition) is 2. The molecule has 1 aromatic carbocycles. The van der Waals surface area contributed by atoms with E-state index in [-0.39, 0.29) is 17.4 Å². The summed E-state index contributed by atoms with van der Waals surface area (Å²) in [7, 11) is 0. The molecule has 0 radical (unpaired) electrons. The van der Waals surface area contributed by atoms with E-state index in [1.165, 1.54) is 0 Å². The van der Waals surface area contributed by atoms with Crippen molar-refractivity contribution in [3.63, 3.8) is 0 Å². The van der Waals surface area contributed by atoms with Crippen LogP contribution in [0, 0.1) is 5.92 Å². The zero-order chi connectivity index (χ0) is 14.3. The van der Waals surface area contributed by atoms with Crippen LogP contribution in [0.5, 0.6) is 0 Å². The van der Waals surface area contributed by atoms with Crippen LogP contribution in [0.25, 0.3) is 0 Å². The molecule has 0 saturated carbocycles. The maximum Gasteiger partial charge on any atom is 0.335 e. The number of carbonyl (C=O) groups is 2. The highest BCUT2D eigenvalue weighted by atomic mass is 16.4. The molecule has 2 N–H and O–H groups in total. The molecular weight excluding hydrogens is 242 g/mol. The Labute approximate surface area is 113 Å². The molecule has 4 heteroatoms. The zero-order valence-corrected chi connectivity index (χ0v) is 11.5. The predicted molar refractivity (Wildman–Crippen MR) is 73.9 cm³/mol. The second kappa shape index (κ2) is 7.56. The first-order valence-corrected chi connectivity index (χ1v) is 6.64. The highest BCUT2D eigenvalue weighted by Crippen LogP contribution is 2.09. The topological polar surface area (TPSA) is 66.4 Å². The van der Waals surface area contributed by atoms with Gasteiger partial charge in [-0.2, -0.15) is 0 Å². The Morgan fingerprint density at radius 3 is 2.42 bits per heavy atom. The van der Waals surface area contributed by atoms with E-state index < -0.39 is 5.97 Å².